The number of likely N-dealkylation sites (tertiary alicyclic amines) is 1. The largest absolute Gasteiger partial charge is 0.347 e. The maximum absolute atomic E-state index is 12.5. The van der Waals surface area contributed by atoms with Gasteiger partial charge in [-0.05, 0) is 63.9 Å². The third kappa shape index (κ3) is 6.02. The molecule has 0 saturated carbocycles. The number of amides is 2. The molecule has 1 aromatic carbocycles. The van der Waals surface area contributed by atoms with Crippen molar-refractivity contribution in [1.29, 1.82) is 0 Å². The molecule has 0 spiro atoms. The number of carbonyl (C=O) groups excluding carboxylic acids is 2. The summed E-state index contributed by atoms with van der Waals surface area (Å²) in [5, 5.41) is 0. The number of carbonyl (C=O) groups is 2. The van der Waals surface area contributed by atoms with Crippen LogP contribution in [0.3, 0.4) is 0 Å². The first-order chi connectivity index (χ1) is 14.2. The molecule has 1 heterocycles. The Hall–Kier alpha value is -1.97. The summed E-state index contributed by atoms with van der Waals surface area (Å²) in [6.07, 6.45) is 2.45. The number of hydrogen-bond acceptors (Lipinski definition) is 5. The second-order valence-corrected chi connectivity index (χ2v) is 9.45. The van der Waals surface area contributed by atoms with Crippen LogP contribution in [0.1, 0.15) is 43.5 Å². The Morgan fingerprint density at radius 1 is 1.13 bits per heavy atom. The van der Waals surface area contributed by atoms with Crippen molar-refractivity contribution in [3.63, 3.8) is 0 Å². The van der Waals surface area contributed by atoms with Gasteiger partial charge < -0.3 is 9.80 Å². The topological polar surface area (TPSA) is 90.0 Å². The number of nitrogens with zero attached hydrogens (tertiary/aromatic N) is 3. The number of benzene rings is 1. The van der Waals surface area contributed by atoms with Crippen molar-refractivity contribution in [2.75, 3.05) is 46.8 Å². The molecule has 0 aromatic heterocycles. The number of sulfonamides is 1. The Morgan fingerprint density at radius 3 is 2.33 bits per heavy atom. The van der Waals surface area contributed by atoms with E-state index in [9.17, 15) is 18.0 Å². The zero-order chi connectivity index (χ0) is 22.3. The van der Waals surface area contributed by atoms with Crippen LogP contribution in [-0.4, -0.2) is 87.8 Å². The van der Waals surface area contributed by atoms with Crippen molar-refractivity contribution in [2.45, 2.75) is 44.0 Å². The number of hydrogen-bond donors (Lipinski definition) is 1. The lowest BCUT2D eigenvalue weighted by molar-refractivity contribution is -0.133. The molecule has 1 aromatic rings. The highest BCUT2D eigenvalue weighted by Crippen LogP contribution is 2.19. The molecule has 1 atom stereocenters. The maximum atomic E-state index is 12.5. The fraction of sp³-hybridized carbons (Fsp3) is 0.619. The minimum Gasteiger partial charge on any atom is -0.347 e. The van der Waals surface area contributed by atoms with Gasteiger partial charge in [0.05, 0.1) is 10.9 Å². The van der Waals surface area contributed by atoms with Crippen molar-refractivity contribution < 1.29 is 18.0 Å². The van der Waals surface area contributed by atoms with Crippen LogP contribution in [0, 0.1) is 0 Å². The van der Waals surface area contributed by atoms with E-state index in [0.717, 1.165) is 19.4 Å². The lowest BCUT2D eigenvalue weighted by Crippen LogP contribution is -2.43. The normalized spacial score (nSPS) is 17.1. The highest BCUT2D eigenvalue weighted by Gasteiger charge is 2.31. The summed E-state index contributed by atoms with van der Waals surface area (Å²) in [7, 11) is -0.126. The van der Waals surface area contributed by atoms with E-state index in [2.05, 4.69) is 9.62 Å². The SMILES string of the molecule is CCN(CC)C(=O)c1ccc(S(=O)(=O)NCCCN2CCCC2C(=O)N(C)C)cc1. The van der Waals surface area contributed by atoms with E-state index in [0.29, 0.717) is 38.2 Å². The van der Waals surface area contributed by atoms with Crippen molar-refractivity contribution in [2.24, 2.45) is 0 Å². The van der Waals surface area contributed by atoms with Gasteiger partial charge in [0.2, 0.25) is 15.9 Å². The van der Waals surface area contributed by atoms with Crippen molar-refractivity contribution in [3.05, 3.63) is 29.8 Å². The van der Waals surface area contributed by atoms with Crippen molar-refractivity contribution >= 4 is 21.8 Å². The van der Waals surface area contributed by atoms with Crippen LogP contribution in [0.25, 0.3) is 0 Å². The monoisotopic (exact) mass is 438 g/mol. The summed E-state index contributed by atoms with van der Waals surface area (Å²) in [5.41, 5.74) is 0.475. The van der Waals surface area contributed by atoms with Gasteiger partial charge in [-0.15, -0.1) is 0 Å². The van der Waals surface area contributed by atoms with E-state index in [1.807, 2.05) is 13.8 Å². The van der Waals surface area contributed by atoms with E-state index >= 15 is 0 Å². The van der Waals surface area contributed by atoms with Gasteiger partial charge in [0.25, 0.3) is 5.91 Å². The predicted octanol–water partition coefficient (Wildman–Crippen LogP) is 1.39. The zero-order valence-electron chi connectivity index (χ0n) is 18.4. The molecule has 1 unspecified atom stereocenters. The number of rotatable bonds is 10. The first kappa shape index (κ1) is 24.3. The lowest BCUT2D eigenvalue weighted by Gasteiger charge is -2.26. The second-order valence-electron chi connectivity index (χ2n) is 7.68. The highest BCUT2D eigenvalue weighted by molar-refractivity contribution is 7.89. The summed E-state index contributed by atoms with van der Waals surface area (Å²) >= 11 is 0. The smallest absolute Gasteiger partial charge is 0.253 e. The van der Waals surface area contributed by atoms with Crippen LogP contribution < -0.4 is 4.72 Å². The molecule has 1 N–H and O–H groups in total. The zero-order valence-corrected chi connectivity index (χ0v) is 19.2. The molecule has 168 valence electrons. The molecule has 1 saturated heterocycles. The standard InChI is InChI=1S/C21H34N4O4S/c1-5-24(6-2)20(26)17-10-12-18(13-11-17)30(28,29)22-14-8-16-25-15-7-9-19(25)21(27)23(3)4/h10-13,19,22H,5-9,14-16H2,1-4H3. The summed E-state index contributed by atoms with van der Waals surface area (Å²) in [4.78, 5) is 30.2. The van der Waals surface area contributed by atoms with E-state index in [4.69, 9.17) is 0 Å². The Balaban J connectivity index is 1.88. The fourth-order valence-electron chi connectivity index (χ4n) is 3.71. The molecule has 1 aliphatic rings. The van der Waals surface area contributed by atoms with Gasteiger partial charge in [-0.25, -0.2) is 13.1 Å². The summed E-state index contributed by atoms with van der Waals surface area (Å²) in [6, 6.07) is 5.93. The van der Waals surface area contributed by atoms with Gasteiger partial charge >= 0.3 is 0 Å². The Kier molecular flexibility index (Phi) is 8.81. The van der Waals surface area contributed by atoms with E-state index in [1.165, 1.54) is 12.1 Å². The molecular weight excluding hydrogens is 404 g/mol. The molecule has 30 heavy (non-hydrogen) atoms. The fourth-order valence-corrected chi connectivity index (χ4v) is 4.79. The van der Waals surface area contributed by atoms with Gasteiger partial charge in [-0.3, -0.25) is 14.5 Å². The summed E-state index contributed by atoms with van der Waals surface area (Å²) in [6.45, 7) is 6.85. The van der Waals surface area contributed by atoms with Crippen LogP contribution in [0.2, 0.25) is 0 Å². The van der Waals surface area contributed by atoms with Crippen LogP contribution in [-0.2, 0) is 14.8 Å². The third-order valence-corrected chi connectivity index (χ3v) is 6.94. The van der Waals surface area contributed by atoms with Gasteiger partial charge in [-0.1, -0.05) is 0 Å². The van der Waals surface area contributed by atoms with E-state index in [1.54, 1.807) is 36.0 Å². The molecule has 0 bridgehead atoms. The maximum Gasteiger partial charge on any atom is 0.253 e. The Labute approximate surface area is 180 Å². The first-order valence-electron chi connectivity index (χ1n) is 10.6. The number of likely N-dealkylation sites (N-methyl/N-ethyl adjacent to an activating group) is 1. The molecule has 2 amide bonds. The third-order valence-electron chi connectivity index (χ3n) is 5.47. The van der Waals surface area contributed by atoms with Gasteiger partial charge in [-0.2, -0.15) is 0 Å². The molecular formula is C21H34N4O4S. The average molecular weight is 439 g/mol. The molecule has 9 heteroatoms. The molecule has 1 aliphatic heterocycles. The van der Waals surface area contributed by atoms with Crippen LogP contribution in [0.4, 0.5) is 0 Å². The second kappa shape index (κ2) is 10.9. The molecule has 1 fully saturated rings. The summed E-state index contributed by atoms with van der Waals surface area (Å²) < 4.78 is 27.7. The number of nitrogens with one attached hydrogen (secondary N) is 1. The minimum absolute atomic E-state index is 0.104. The highest BCUT2D eigenvalue weighted by atomic mass is 32.2. The van der Waals surface area contributed by atoms with Crippen molar-refractivity contribution in [3.8, 4) is 0 Å². The quantitative estimate of drug-likeness (QED) is 0.558. The van der Waals surface area contributed by atoms with Gasteiger partial charge in [0.1, 0.15) is 0 Å². The average Bonchev–Trinajstić information content (AvgIpc) is 3.20. The van der Waals surface area contributed by atoms with Gasteiger partial charge in [0.15, 0.2) is 0 Å². The molecule has 2 rings (SSSR count). The molecule has 8 nitrogen and oxygen atoms in total. The predicted molar refractivity (Wildman–Crippen MR) is 117 cm³/mol. The van der Waals surface area contributed by atoms with Crippen LogP contribution >= 0.6 is 0 Å². The Bertz CT molecular complexity index is 820. The Morgan fingerprint density at radius 2 is 1.77 bits per heavy atom. The van der Waals surface area contributed by atoms with Crippen LogP contribution in [0.15, 0.2) is 29.2 Å². The summed E-state index contributed by atoms with van der Waals surface area (Å²) in [5.74, 6) is -0.00299. The van der Waals surface area contributed by atoms with Gasteiger partial charge in [0, 0.05) is 45.8 Å². The minimum atomic E-state index is -3.64. The molecule has 0 aliphatic carbocycles. The lowest BCUT2D eigenvalue weighted by atomic mass is 10.2. The van der Waals surface area contributed by atoms with Crippen LogP contribution in [0.5, 0.6) is 0 Å². The molecule has 0 radical (unpaired) electrons. The van der Waals surface area contributed by atoms with E-state index < -0.39 is 10.0 Å². The van der Waals surface area contributed by atoms with E-state index in [-0.39, 0.29) is 22.8 Å². The van der Waals surface area contributed by atoms with Crippen molar-refractivity contribution in [1.82, 2.24) is 19.4 Å². The first-order valence-corrected chi connectivity index (χ1v) is 12.0.